The van der Waals surface area contributed by atoms with Crippen molar-refractivity contribution >= 4 is 27.5 Å². The van der Waals surface area contributed by atoms with Crippen molar-refractivity contribution in [2.45, 2.75) is 24.3 Å². The van der Waals surface area contributed by atoms with E-state index in [0.717, 1.165) is 11.1 Å². The molecule has 0 bridgehead atoms. The summed E-state index contributed by atoms with van der Waals surface area (Å²) in [4.78, 5) is 23.4. The molecule has 8 heteroatoms. The second kappa shape index (κ2) is 10.0. The van der Waals surface area contributed by atoms with Crippen LogP contribution < -0.4 is 15.8 Å². The van der Waals surface area contributed by atoms with Crippen LogP contribution in [0.15, 0.2) is 83.8 Å². The highest BCUT2D eigenvalue weighted by Gasteiger charge is 2.13. The zero-order valence-corrected chi connectivity index (χ0v) is 17.6. The van der Waals surface area contributed by atoms with E-state index in [0.29, 0.717) is 17.7 Å². The minimum absolute atomic E-state index is 0.172. The molecular formula is C23H23N3O4S. The van der Waals surface area contributed by atoms with E-state index in [1.54, 1.807) is 36.4 Å². The van der Waals surface area contributed by atoms with Crippen molar-refractivity contribution in [3.8, 4) is 0 Å². The molecule has 2 amide bonds. The summed E-state index contributed by atoms with van der Waals surface area (Å²) in [5.74, 6) is -0.716. The van der Waals surface area contributed by atoms with Crippen LogP contribution in [0.4, 0.5) is 5.69 Å². The van der Waals surface area contributed by atoms with Crippen molar-refractivity contribution in [2.24, 2.45) is 5.73 Å². The smallest absolute Gasteiger partial charge is 0.248 e. The quantitative estimate of drug-likeness (QED) is 0.477. The van der Waals surface area contributed by atoms with E-state index in [4.69, 9.17) is 5.73 Å². The fraction of sp³-hybridized carbons (Fsp3) is 0.130. The normalized spacial score (nSPS) is 11.1. The molecule has 0 aromatic heterocycles. The van der Waals surface area contributed by atoms with Crippen LogP contribution in [0.5, 0.6) is 0 Å². The highest BCUT2D eigenvalue weighted by Crippen LogP contribution is 2.14. The zero-order valence-electron chi connectivity index (χ0n) is 16.7. The van der Waals surface area contributed by atoms with E-state index >= 15 is 0 Å². The number of carbonyl (C=O) groups excluding carboxylic acids is 2. The number of hydrogen-bond donors (Lipinski definition) is 3. The Labute approximate surface area is 181 Å². The first kappa shape index (κ1) is 22.2. The zero-order chi connectivity index (χ0) is 22.3. The van der Waals surface area contributed by atoms with Crippen molar-refractivity contribution < 1.29 is 18.0 Å². The van der Waals surface area contributed by atoms with Gasteiger partial charge in [0.25, 0.3) is 0 Å². The third-order valence-corrected chi connectivity index (χ3v) is 6.05. The molecule has 0 aliphatic heterocycles. The van der Waals surface area contributed by atoms with E-state index in [2.05, 4.69) is 10.0 Å². The van der Waals surface area contributed by atoms with Gasteiger partial charge in [0.2, 0.25) is 21.8 Å². The largest absolute Gasteiger partial charge is 0.366 e. The highest BCUT2D eigenvalue weighted by atomic mass is 32.2. The molecule has 0 heterocycles. The SMILES string of the molecule is NC(=O)c1ccc(NC(=O)CCc2ccc(S(=O)(=O)NCc3ccccc3)cc2)cc1. The standard InChI is InChI=1S/C23H23N3O4S/c24-23(28)19-9-11-20(12-10-19)26-22(27)15-8-17-6-13-21(14-7-17)31(29,30)25-16-18-4-2-1-3-5-18/h1-7,9-14,25H,8,15-16H2,(H2,24,28)(H,26,27). The molecule has 0 atom stereocenters. The van der Waals surface area contributed by atoms with E-state index in [1.165, 1.54) is 12.1 Å². The molecule has 0 unspecified atom stereocenters. The minimum atomic E-state index is -3.62. The predicted octanol–water partition coefficient (Wildman–Crippen LogP) is 2.84. The lowest BCUT2D eigenvalue weighted by Crippen LogP contribution is -2.23. The highest BCUT2D eigenvalue weighted by molar-refractivity contribution is 7.89. The molecule has 0 fully saturated rings. The number of aryl methyl sites for hydroxylation is 1. The fourth-order valence-corrected chi connectivity index (χ4v) is 3.91. The Balaban J connectivity index is 1.51. The molecule has 7 nitrogen and oxygen atoms in total. The number of carbonyl (C=O) groups is 2. The lowest BCUT2D eigenvalue weighted by atomic mass is 10.1. The maximum Gasteiger partial charge on any atom is 0.248 e. The van der Waals surface area contributed by atoms with E-state index in [-0.39, 0.29) is 23.8 Å². The number of amides is 2. The van der Waals surface area contributed by atoms with Gasteiger partial charge in [0.15, 0.2) is 0 Å². The van der Waals surface area contributed by atoms with Crippen LogP contribution in [0.2, 0.25) is 0 Å². The molecule has 0 aliphatic carbocycles. The number of anilines is 1. The number of benzene rings is 3. The number of nitrogens with two attached hydrogens (primary N) is 1. The van der Waals surface area contributed by atoms with Crippen LogP contribution in [0, 0.1) is 0 Å². The second-order valence-corrected chi connectivity index (χ2v) is 8.71. The van der Waals surface area contributed by atoms with Crippen LogP contribution in [0.25, 0.3) is 0 Å². The summed E-state index contributed by atoms with van der Waals surface area (Å²) in [5.41, 5.74) is 7.85. The van der Waals surface area contributed by atoms with Crippen molar-refractivity contribution in [1.29, 1.82) is 0 Å². The first-order valence-electron chi connectivity index (χ1n) is 9.66. The van der Waals surface area contributed by atoms with Crippen LogP contribution in [-0.4, -0.2) is 20.2 Å². The first-order chi connectivity index (χ1) is 14.8. The number of rotatable bonds is 9. The van der Waals surface area contributed by atoms with Gasteiger partial charge in [-0.2, -0.15) is 0 Å². The van der Waals surface area contributed by atoms with Gasteiger partial charge in [0.05, 0.1) is 4.90 Å². The Kier molecular flexibility index (Phi) is 7.17. The molecule has 4 N–H and O–H groups in total. The van der Waals surface area contributed by atoms with Crippen molar-refractivity contribution in [2.75, 3.05) is 5.32 Å². The maximum absolute atomic E-state index is 12.4. The Morgan fingerprint density at radius 2 is 1.45 bits per heavy atom. The molecule has 3 rings (SSSR count). The van der Waals surface area contributed by atoms with E-state index in [9.17, 15) is 18.0 Å². The van der Waals surface area contributed by atoms with Crippen LogP contribution in [0.1, 0.15) is 27.9 Å². The van der Waals surface area contributed by atoms with Crippen LogP contribution >= 0.6 is 0 Å². The van der Waals surface area contributed by atoms with Crippen molar-refractivity contribution in [3.63, 3.8) is 0 Å². The average Bonchev–Trinajstić information content (AvgIpc) is 2.78. The minimum Gasteiger partial charge on any atom is -0.366 e. The molecular weight excluding hydrogens is 414 g/mol. The molecule has 31 heavy (non-hydrogen) atoms. The van der Waals surface area contributed by atoms with Gasteiger partial charge in [0, 0.05) is 24.2 Å². The summed E-state index contributed by atoms with van der Waals surface area (Å²) in [6.45, 7) is 0.214. The van der Waals surface area contributed by atoms with Gasteiger partial charge >= 0.3 is 0 Å². The van der Waals surface area contributed by atoms with Crippen LogP contribution in [0.3, 0.4) is 0 Å². The van der Waals surface area contributed by atoms with Gasteiger partial charge < -0.3 is 11.1 Å². The molecule has 0 spiro atoms. The Hall–Kier alpha value is -3.49. The maximum atomic E-state index is 12.4. The second-order valence-electron chi connectivity index (χ2n) is 6.94. The molecule has 3 aromatic rings. The molecule has 0 aliphatic rings. The molecule has 3 aromatic carbocycles. The van der Waals surface area contributed by atoms with Gasteiger partial charge in [-0.25, -0.2) is 13.1 Å². The summed E-state index contributed by atoms with van der Waals surface area (Å²) in [6.07, 6.45) is 0.693. The molecule has 160 valence electrons. The summed E-state index contributed by atoms with van der Waals surface area (Å²) in [5, 5.41) is 2.75. The third kappa shape index (κ3) is 6.50. The Morgan fingerprint density at radius 3 is 2.06 bits per heavy atom. The Morgan fingerprint density at radius 1 is 0.806 bits per heavy atom. The lowest BCUT2D eigenvalue weighted by molar-refractivity contribution is -0.116. The summed E-state index contributed by atoms with van der Waals surface area (Å²) >= 11 is 0. The van der Waals surface area contributed by atoms with E-state index in [1.807, 2.05) is 30.3 Å². The Bertz CT molecular complexity index is 1140. The molecule has 0 radical (unpaired) electrons. The summed E-state index contributed by atoms with van der Waals surface area (Å²) < 4.78 is 27.5. The molecule has 0 saturated heterocycles. The fourth-order valence-electron chi connectivity index (χ4n) is 2.89. The van der Waals surface area contributed by atoms with E-state index < -0.39 is 15.9 Å². The van der Waals surface area contributed by atoms with Gasteiger partial charge in [-0.05, 0) is 53.9 Å². The van der Waals surface area contributed by atoms with Crippen molar-refractivity contribution in [3.05, 3.63) is 95.6 Å². The first-order valence-corrected chi connectivity index (χ1v) is 11.1. The predicted molar refractivity (Wildman–Crippen MR) is 119 cm³/mol. The topological polar surface area (TPSA) is 118 Å². The van der Waals surface area contributed by atoms with Gasteiger partial charge in [-0.1, -0.05) is 42.5 Å². The summed E-state index contributed by atoms with van der Waals surface area (Å²) in [7, 11) is -3.62. The van der Waals surface area contributed by atoms with Gasteiger partial charge in [0.1, 0.15) is 0 Å². The lowest BCUT2D eigenvalue weighted by Gasteiger charge is -2.08. The number of primary amides is 1. The van der Waals surface area contributed by atoms with Gasteiger partial charge in [-0.15, -0.1) is 0 Å². The van der Waals surface area contributed by atoms with Gasteiger partial charge in [-0.3, -0.25) is 9.59 Å². The van der Waals surface area contributed by atoms with Crippen LogP contribution in [-0.2, 0) is 27.8 Å². The summed E-state index contributed by atoms with van der Waals surface area (Å²) in [6, 6.07) is 22.0. The number of hydrogen-bond acceptors (Lipinski definition) is 4. The van der Waals surface area contributed by atoms with Crippen molar-refractivity contribution in [1.82, 2.24) is 4.72 Å². The number of nitrogens with one attached hydrogen (secondary N) is 2. The average molecular weight is 438 g/mol. The monoisotopic (exact) mass is 437 g/mol. The number of sulfonamides is 1. The molecule has 0 saturated carbocycles. The third-order valence-electron chi connectivity index (χ3n) is 4.64.